The molecule has 3 aromatic rings. The average molecular weight is 249 g/mol. The lowest BCUT2D eigenvalue weighted by atomic mass is 10.1. The van der Waals surface area contributed by atoms with Crippen LogP contribution in [0.25, 0.3) is 22.7 Å². The molecule has 94 valence electrons. The minimum atomic E-state index is 0.639. The first kappa shape index (κ1) is 11.6. The quantitative estimate of drug-likeness (QED) is 0.739. The van der Waals surface area contributed by atoms with Gasteiger partial charge in [-0.25, -0.2) is 0 Å². The van der Waals surface area contributed by atoms with Crippen molar-refractivity contribution in [3.8, 4) is 0 Å². The summed E-state index contributed by atoms with van der Waals surface area (Å²) in [4.78, 5) is 0. The topological polar surface area (TPSA) is 39.2 Å². The van der Waals surface area contributed by atoms with Gasteiger partial charge in [0.05, 0.1) is 5.70 Å². The van der Waals surface area contributed by atoms with E-state index in [1.54, 1.807) is 0 Å². The van der Waals surface area contributed by atoms with Gasteiger partial charge in [0.2, 0.25) is 0 Å². The Morgan fingerprint density at radius 3 is 2.63 bits per heavy atom. The van der Waals surface area contributed by atoms with Gasteiger partial charge in [0.1, 0.15) is 5.58 Å². The molecule has 0 bridgehead atoms. The lowest BCUT2D eigenvalue weighted by molar-refractivity contribution is 0.599. The van der Waals surface area contributed by atoms with Crippen LogP contribution in [0.4, 0.5) is 0 Å². The zero-order valence-electron chi connectivity index (χ0n) is 10.8. The number of aryl methyl sites for hydroxylation is 1. The summed E-state index contributed by atoms with van der Waals surface area (Å²) in [6, 6.07) is 18.1. The van der Waals surface area contributed by atoms with Crippen LogP contribution in [0.2, 0.25) is 0 Å². The van der Waals surface area contributed by atoms with Gasteiger partial charge >= 0.3 is 0 Å². The molecule has 1 aromatic heterocycles. The molecular formula is C17H15NO. The highest BCUT2D eigenvalue weighted by atomic mass is 16.3. The normalized spacial score (nSPS) is 11.9. The van der Waals surface area contributed by atoms with Crippen molar-refractivity contribution in [3.63, 3.8) is 0 Å². The second kappa shape index (κ2) is 4.65. The maximum absolute atomic E-state index is 6.10. The van der Waals surface area contributed by atoms with Crippen molar-refractivity contribution in [3.05, 3.63) is 71.5 Å². The first-order valence-corrected chi connectivity index (χ1v) is 6.25. The molecule has 0 spiro atoms. The number of hydrogen-bond acceptors (Lipinski definition) is 2. The summed E-state index contributed by atoms with van der Waals surface area (Å²) >= 11 is 0. The van der Waals surface area contributed by atoms with Crippen LogP contribution >= 0.6 is 0 Å². The predicted molar refractivity (Wildman–Crippen MR) is 79.5 cm³/mol. The van der Waals surface area contributed by atoms with Gasteiger partial charge in [-0.3, -0.25) is 0 Å². The summed E-state index contributed by atoms with van der Waals surface area (Å²) in [5, 5.41) is 1.08. The number of rotatable bonds is 2. The number of furan rings is 1. The Kier molecular flexibility index (Phi) is 2.84. The molecule has 2 aromatic carbocycles. The second-order valence-corrected chi connectivity index (χ2v) is 4.66. The predicted octanol–water partition coefficient (Wildman–Crippen LogP) is 4.20. The van der Waals surface area contributed by atoms with Crippen LogP contribution in [-0.4, -0.2) is 0 Å². The molecule has 1 heterocycles. The van der Waals surface area contributed by atoms with Crippen molar-refractivity contribution < 1.29 is 4.42 Å². The molecule has 0 fully saturated rings. The largest absolute Gasteiger partial charge is 0.455 e. The maximum atomic E-state index is 6.10. The fourth-order valence-corrected chi connectivity index (χ4v) is 2.10. The Bertz CT molecular complexity index is 738. The van der Waals surface area contributed by atoms with Crippen LogP contribution < -0.4 is 5.73 Å². The van der Waals surface area contributed by atoms with Crippen molar-refractivity contribution in [1.29, 1.82) is 0 Å². The van der Waals surface area contributed by atoms with Gasteiger partial charge in [0.25, 0.3) is 0 Å². The molecule has 0 radical (unpaired) electrons. The minimum Gasteiger partial charge on any atom is -0.455 e. The Labute approximate surface area is 112 Å². The van der Waals surface area contributed by atoms with Crippen LogP contribution in [0, 0.1) is 6.92 Å². The molecule has 0 saturated carbocycles. The van der Waals surface area contributed by atoms with Crippen molar-refractivity contribution in [1.82, 2.24) is 0 Å². The summed E-state index contributed by atoms with van der Waals surface area (Å²) in [6.07, 6.45) is 1.92. The van der Waals surface area contributed by atoms with Gasteiger partial charge in [0.15, 0.2) is 5.76 Å². The first-order valence-electron chi connectivity index (χ1n) is 6.25. The number of hydrogen-bond donors (Lipinski definition) is 1. The highest BCUT2D eigenvalue weighted by molar-refractivity contribution is 5.85. The third-order valence-corrected chi connectivity index (χ3v) is 3.08. The zero-order chi connectivity index (χ0) is 13.2. The maximum Gasteiger partial charge on any atom is 0.151 e. The van der Waals surface area contributed by atoms with Crippen LogP contribution in [0.5, 0.6) is 0 Å². The fourth-order valence-electron chi connectivity index (χ4n) is 2.10. The van der Waals surface area contributed by atoms with Gasteiger partial charge in [-0.1, -0.05) is 42.0 Å². The molecule has 2 heteroatoms. The molecule has 3 rings (SSSR count). The number of nitrogens with two attached hydrogens (primary N) is 1. The van der Waals surface area contributed by atoms with E-state index >= 15 is 0 Å². The van der Waals surface area contributed by atoms with E-state index in [9.17, 15) is 0 Å². The molecule has 2 N–H and O–H groups in total. The van der Waals surface area contributed by atoms with E-state index in [2.05, 4.69) is 13.0 Å². The van der Waals surface area contributed by atoms with E-state index in [0.717, 1.165) is 16.5 Å². The first-order chi connectivity index (χ1) is 9.22. The Balaban J connectivity index is 2.02. The second-order valence-electron chi connectivity index (χ2n) is 4.66. The lowest BCUT2D eigenvalue weighted by Crippen LogP contribution is -1.93. The molecule has 0 atom stereocenters. The summed E-state index contributed by atoms with van der Waals surface area (Å²) < 4.78 is 5.76. The van der Waals surface area contributed by atoms with E-state index in [1.807, 2.05) is 54.6 Å². The van der Waals surface area contributed by atoms with Crippen LogP contribution in [0.1, 0.15) is 16.9 Å². The SMILES string of the molecule is Cc1ccc2oc(/C(N)=C/c3ccccc3)cc2c1. The van der Waals surface area contributed by atoms with Gasteiger partial charge in [0, 0.05) is 5.39 Å². The molecule has 0 aliphatic rings. The molecule has 0 amide bonds. The number of fused-ring (bicyclic) bond motifs is 1. The van der Waals surface area contributed by atoms with E-state index in [4.69, 9.17) is 10.2 Å². The Morgan fingerprint density at radius 2 is 1.84 bits per heavy atom. The third-order valence-electron chi connectivity index (χ3n) is 3.08. The van der Waals surface area contributed by atoms with Crippen molar-refractivity contribution >= 4 is 22.7 Å². The molecule has 2 nitrogen and oxygen atoms in total. The molecule has 0 aliphatic carbocycles. The van der Waals surface area contributed by atoms with E-state index in [-0.39, 0.29) is 0 Å². The van der Waals surface area contributed by atoms with Crippen molar-refractivity contribution in [2.45, 2.75) is 6.92 Å². The lowest BCUT2D eigenvalue weighted by Gasteiger charge is -1.97. The van der Waals surface area contributed by atoms with Crippen molar-refractivity contribution in [2.75, 3.05) is 0 Å². The van der Waals surface area contributed by atoms with Crippen LogP contribution in [0.3, 0.4) is 0 Å². The molecule has 0 saturated heterocycles. The third kappa shape index (κ3) is 2.38. The van der Waals surface area contributed by atoms with Gasteiger partial charge in [-0.05, 0) is 36.8 Å². The standard InChI is InChI=1S/C17H15NO/c1-12-7-8-16-14(9-12)11-17(19-16)15(18)10-13-5-3-2-4-6-13/h2-11H,18H2,1H3/b15-10-. The van der Waals surface area contributed by atoms with Gasteiger partial charge in [-0.15, -0.1) is 0 Å². The van der Waals surface area contributed by atoms with Crippen LogP contribution in [-0.2, 0) is 0 Å². The molecule has 0 aliphatic heterocycles. The van der Waals surface area contributed by atoms with Gasteiger partial charge < -0.3 is 10.2 Å². The highest BCUT2D eigenvalue weighted by Gasteiger charge is 2.06. The number of benzene rings is 2. The molecular weight excluding hydrogens is 234 g/mol. The average Bonchev–Trinajstić information content (AvgIpc) is 2.83. The van der Waals surface area contributed by atoms with Crippen molar-refractivity contribution in [2.24, 2.45) is 5.73 Å². The Hall–Kier alpha value is -2.48. The smallest absolute Gasteiger partial charge is 0.151 e. The Morgan fingerprint density at radius 1 is 1.05 bits per heavy atom. The van der Waals surface area contributed by atoms with E-state index in [0.29, 0.717) is 11.5 Å². The van der Waals surface area contributed by atoms with E-state index < -0.39 is 0 Å². The zero-order valence-corrected chi connectivity index (χ0v) is 10.8. The monoisotopic (exact) mass is 249 g/mol. The minimum absolute atomic E-state index is 0.639. The fraction of sp³-hybridized carbons (Fsp3) is 0.0588. The summed E-state index contributed by atoms with van der Waals surface area (Å²) in [5.41, 5.74) is 9.88. The summed E-state index contributed by atoms with van der Waals surface area (Å²) in [5.74, 6) is 0.712. The molecule has 19 heavy (non-hydrogen) atoms. The van der Waals surface area contributed by atoms with Gasteiger partial charge in [-0.2, -0.15) is 0 Å². The van der Waals surface area contributed by atoms with E-state index in [1.165, 1.54) is 5.56 Å². The molecule has 0 unspecified atom stereocenters. The summed E-state index contributed by atoms with van der Waals surface area (Å²) in [6.45, 7) is 2.06. The van der Waals surface area contributed by atoms with Crippen LogP contribution in [0.15, 0.2) is 59.0 Å². The highest BCUT2D eigenvalue weighted by Crippen LogP contribution is 2.24. The summed E-state index contributed by atoms with van der Waals surface area (Å²) in [7, 11) is 0.